The molecule has 1 spiro atoms. The van der Waals surface area contributed by atoms with E-state index in [0.29, 0.717) is 47.7 Å². The standard InChI is InChI=1S/C32H28F2N4O3/c1-17(21-11-23(33)13-24(34)12-21)25(29(39)28-18(2)38-41-19(28)3)7-4-6-20-10-22-14-32(15-27(22)36-16-20)26-8-5-9-35-30(26)37-31(32)40/h4-6,8-13,16-17,25H,7,14-15H2,1-3H3,(H,35,37,40)/b6-4+/t17-,25?,32+/m1/s1. The molecule has 3 atom stereocenters. The summed E-state index contributed by atoms with van der Waals surface area (Å²) in [6, 6.07) is 9.14. The van der Waals surface area contributed by atoms with Crippen LogP contribution >= 0.6 is 0 Å². The van der Waals surface area contributed by atoms with Gasteiger partial charge in [-0.05, 0) is 73.6 Å². The highest BCUT2D eigenvalue weighted by Crippen LogP contribution is 2.46. The molecule has 0 saturated carbocycles. The highest BCUT2D eigenvalue weighted by molar-refractivity contribution is 6.06. The molecule has 3 aromatic heterocycles. The third kappa shape index (κ3) is 4.65. The zero-order chi connectivity index (χ0) is 28.9. The van der Waals surface area contributed by atoms with E-state index in [1.165, 1.54) is 12.1 Å². The van der Waals surface area contributed by atoms with E-state index in [9.17, 15) is 18.4 Å². The van der Waals surface area contributed by atoms with Crippen molar-refractivity contribution in [2.75, 3.05) is 5.32 Å². The molecule has 0 fully saturated rings. The number of hydrogen-bond donors (Lipinski definition) is 1. The van der Waals surface area contributed by atoms with Crippen LogP contribution in [-0.4, -0.2) is 26.8 Å². The zero-order valence-corrected chi connectivity index (χ0v) is 22.9. The number of benzene rings is 1. The molecule has 4 aromatic rings. The van der Waals surface area contributed by atoms with Crippen LogP contribution < -0.4 is 5.32 Å². The van der Waals surface area contributed by atoms with Crippen molar-refractivity contribution in [3.63, 3.8) is 0 Å². The Kier molecular flexibility index (Phi) is 6.60. The van der Waals surface area contributed by atoms with Crippen molar-refractivity contribution in [3.8, 4) is 0 Å². The van der Waals surface area contributed by atoms with Crippen molar-refractivity contribution in [2.24, 2.45) is 5.92 Å². The Morgan fingerprint density at radius 3 is 2.66 bits per heavy atom. The van der Waals surface area contributed by atoms with Crippen molar-refractivity contribution in [3.05, 3.63) is 111 Å². The normalized spacial score (nSPS) is 18.9. The lowest BCUT2D eigenvalue weighted by Crippen LogP contribution is -2.35. The van der Waals surface area contributed by atoms with Gasteiger partial charge < -0.3 is 9.84 Å². The van der Waals surface area contributed by atoms with Gasteiger partial charge in [-0.15, -0.1) is 0 Å². The number of nitrogens with one attached hydrogen (secondary N) is 1. The second kappa shape index (κ2) is 10.1. The first-order valence-corrected chi connectivity index (χ1v) is 13.5. The van der Waals surface area contributed by atoms with E-state index in [1.54, 1.807) is 33.2 Å². The number of aryl methyl sites for hydroxylation is 2. The molecule has 1 unspecified atom stereocenters. The molecule has 1 aliphatic carbocycles. The lowest BCUT2D eigenvalue weighted by Gasteiger charge is -2.22. The lowest BCUT2D eigenvalue weighted by atomic mass is 9.79. The van der Waals surface area contributed by atoms with Gasteiger partial charge in [0, 0.05) is 42.1 Å². The largest absolute Gasteiger partial charge is 0.361 e. The highest BCUT2D eigenvalue weighted by atomic mass is 19.1. The van der Waals surface area contributed by atoms with Gasteiger partial charge in [0.05, 0.1) is 16.7 Å². The van der Waals surface area contributed by atoms with E-state index in [1.807, 2.05) is 30.4 Å². The van der Waals surface area contributed by atoms with Crippen molar-refractivity contribution in [1.82, 2.24) is 15.1 Å². The van der Waals surface area contributed by atoms with Crippen LogP contribution in [0.3, 0.4) is 0 Å². The van der Waals surface area contributed by atoms with Crippen molar-refractivity contribution >= 4 is 23.6 Å². The molecule has 1 amide bonds. The summed E-state index contributed by atoms with van der Waals surface area (Å²) in [7, 11) is 0. The van der Waals surface area contributed by atoms with E-state index in [4.69, 9.17) is 4.52 Å². The first kappa shape index (κ1) is 26.7. The molecule has 4 heterocycles. The van der Waals surface area contributed by atoms with Gasteiger partial charge in [0.1, 0.15) is 23.2 Å². The summed E-state index contributed by atoms with van der Waals surface area (Å²) in [6.45, 7) is 5.17. The summed E-state index contributed by atoms with van der Waals surface area (Å²) in [4.78, 5) is 35.7. The van der Waals surface area contributed by atoms with Gasteiger partial charge in [0.2, 0.25) is 5.91 Å². The molecular formula is C32H28F2N4O3. The summed E-state index contributed by atoms with van der Waals surface area (Å²) < 4.78 is 33.3. The fourth-order valence-electron chi connectivity index (χ4n) is 6.21. The van der Waals surface area contributed by atoms with Crippen LogP contribution in [-0.2, 0) is 23.1 Å². The summed E-state index contributed by atoms with van der Waals surface area (Å²) >= 11 is 0. The number of amides is 1. The number of allylic oxidation sites excluding steroid dienone is 1. The molecule has 0 saturated heterocycles. The van der Waals surface area contributed by atoms with Gasteiger partial charge in [0.15, 0.2) is 5.78 Å². The smallest absolute Gasteiger partial charge is 0.237 e. The lowest BCUT2D eigenvalue weighted by molar-refractivity contribution is -0.120. The number of fused-ring (bicyclic) bond motifs is 3. The van der Waals surface area contributed by atoms with Gasteiger partial charge >= 0.3 is 0 Å². The molecule has 1 N–H and O–H groups in total. The minimum absolute atomic E-state index is 0.0651. The summed E-state index contributed by atoms with van der Waals surface area (Å²) in [5.74, 6) is -1.75. The Balaban J connectivity index is 1.26. The van der Waals surface area contributed by atoms with Crippen LogP contribution in [0, 0.1) is 31.4 Å². The summed E-state index contributed by atoms with van der Waals surface area (Å²) in [6.07, 6.45) is 8.52. The van der Waals surface area contributed by atoms with Crippen LogP contribution in [0.2, 0.25) is 0 Å². The second-order valence-electron chi connectivity index (χ2n) is 11.0. The Labute approximate surface area is 235 Å². The number of nitrogens with zero attached hydrogens (tertiary/aromatic N) is 3. The molecule has 2 aliphatic rings. The Morgan fingerprint density at radius 2 is 1.93 bits per heavy atom. The molecule has 208 valence electrons. The van der Waals surface area contributed by atoms with Gasteiger partial charge in [-0.1, -0.05) is 30.3 Å². The SMILES string of the molecule is Cc1noc(C)c1C(=O)C(C/C=C/c1cnc2c(c1)C[C@@]1(C2)C(=O)Nc2ncccc21)[C@H](C)c1cc(F)cc(F)c1. The van der Waals surface area contributed by atoms with E-state index in [2.05, 4.69) is 20.4 Å². The maximum absolute atomic E-state index is 14.1. The molecule has 0 radical (unpaired) electrons. The number of carbonyl (C=O) groups excluding carboxylic acids is 2. The molecule has 9 heteroatoms. The van der Waals surface area contributed by atoms with Gasteiger partial charge in [-0.25, -0.2) is 13.8 Å². The Hall–Kier alpha value is -4.53. The fraction of sp³-hybridized carbons (Fsp3) is 0.281. The first-order valence-electron chi connectivity index (χ1n) is 13.5. The predicted molar refractivity (Wildman–Crippen MR) is 148 cm³/mol. The number of carbonyl (C=O) groups is 2. The number of ketones is 1. The van der Waals surface area contributed by atoms with E-state index in [-0.39, 0.29) is 11.7 Å². The highest BCUT2D eigenvalue weighted by Gasteiger charge is 2.51. The number of rotatable bonds is 7. The fourth-order valence-corrected chi connectivity index (χ4v) is 6.21. The minimum Gasteiger partial charge on any atom is -0.361 e. The van der Waals surface area contributed by atoms with Crippen LogP contribution in [0.1, 0.15) is 69.0 Å². The van der Waals surface area contributed by atoms with Crippen LogP contribution in [0.4, 0.5) is 14.6 Å². The monoisotopic (exact) mass is 554 g/mol. The zero-order valence-electron chi connectivity index (χ0n) is 22.9. The maximum atomic E-state index is 14.1. The van der Waals surface area contributed by atoms with Crippen LogP contribution in [0.25, 0.3) is 6.08 Å². The molecule has 0 bridgehead atoms. The number of Topliss-reactive ketones (excluding diaryl/α,β-unsaturated/α-hetero) is 1. The molecule has 41 heavy (non-hydrogen) atoms. The number of hydrogen-bond acceptors (Lipinski definition) is 6. The van der Waals surface area contributed by atoms with E-state index >= 15 is 0 Å². The van der Waals surface area contributed by atoms with Crippen molar-refractivity contribution < 1.29 is 22.9 Å². The molecule has 1 aliphatic heterocycles. The van der Waals surface area contributed by atoms with Crippen molar-refractivity contribution in [2.45, 2.75) is 51.4 Å². The van der Waals surface area contributed by atoms with E-state index in [0.717, 1.165) is 28.5 Å². The third-order valence-electron chi connectivity index (χ3n) is 8.36. The number of aromatic nitrogens is 3. The Bertz CT molecular complexity index is 1690. The minimum atomic E-state index is -0.706. The third-order valence-corrected chi connectivity index (χ3v) is 8.36. The van der Waals surface area contributed by atoms with Crippen molar-refractivity contribution in [1.29, 1.82) is 0 Å². The first-order chi connectivity index (χ1) is 19.7. The summed E-state index contributed by atoms with van der Waals surface area (Å²) in [5.41, 5.74) is 4.15. The van der Waals surface area contributed by atoms with Gasteiger partial charge in [0.25, 0.3) is 0 Å². The molecule has 7 nitrogen and oxygen atoms in total. The number of anilines is 1. The van der Waals surface area contributed by atoms with E-state index < -0.39 is 28.9 Å². The Morgan fingerprint density at radius 1 is 1.15 bits per heavy atom. The second-order valence-corrected chi connectivity index (χ2v) is 11.0. The molecule has 6 rings (SSSR count). The molecule has 1 aromatic carbocycles. The number of halogens is 2. The molecular weight excluding hydrogens is 526 g/mol. The summed E-state index contributed by atoms with van der Waals surface area (Å²) in [5, 5.41) is 6.82. The predicted octanol–water partition coefficient (Wildman–Crippen LogP) is 6.05. The van der Waals surface area contributed by atoms with Crippen LogP contribution in [0.5, 0.6) is 0 Å². The van der Waals surface area contributed by atoms with Crippen LogP contribution in [0.15, 0.2) is 59.4 Å². The topological polar surface area (TPSA) is 98.0 Å². The average Bonchev–Trinajstić information content (AvgIpc) is 3.58. The van der Waals surface area contributed by atoms with Gasteiger partial charge in [-0.3, -0.25) is 14.6 Å². The number of pyridine rings is 2. The van der Waals surface area contributed by atoms with Gasteiger partial charge in [-0.2, -0.15) is 0 Å². The maximum Gasteiger partial charge on any atom is 0.237 e. The average molecular weight is 555 g/mol. The quantitative estimate of drug-likeness (QED) is 0.279.